The number of piperidine rings is 1. The van der Waals surface area contributed by atoms with Gasteiger partial charge in [0.2, 0.25) is 0 Å². The van der Waals surface area contributed by atoms with E-state index in [9.17, 15) is 10.2 Å². The van der Waals surface area contributed by atoms with Gasteiger partial charge < -0.3 is 24.7 Å². The first-order valence-electron chi connectivity index (χ1n) is 12.6. The normalized spacial score (nSPS) is 19.3. The zero-order valence-corrected chi connectivity index (χ0v) is 19.6. The highest BCUT2D eigenvalue weighted by Gasteiger charge is 2.33. The third-order valence-corrected chi connectivity index (χ3v) is 8.22. The van der Waals surface area contributed by atoms with Gasteiger partial charge in [0.15, 0.2) is 0 Å². The number of hydrogen-bond acceptors (Lipinski definition) is 5. The Labute approximate surface area is 199 Å². The SMILES string of the molecule is OCC1(CO)CCN(c2cc(-c3ccc4c(c3)ncn4C3CCCCC3)c3nc[nH]c3c2)CC1. The van der Waals surface area contributed by atoms with Gasteiger partial charge in [-0.05, 0) is 55.5 Å². The molecule has 2 aromatic heterocycles. The van der Waals surface area contributed by atoms with Crippen LogP contribution in [-0.2, 0) is 0 Å². The summed E-state index contributed by atoms with van der Waals surface area (Å²) in [6.45, 7) is 1.70. The van der Waals surface area contributed by atoms with Gasteiger partial charge in [-0.15, -0.1) is 0 Å². The Kier molecular flexibility index (Phi) is 5.54. The third kappa shape index (κ3) is 3.67. The van der Waals surface area contributed by atoms with Crippen LogP contribution in [0.4, 0.5) is 5.69 Å². The van der Waals surface area contributed by atoms with E-state index in [1.54, 1.807) is 6.33 Å². The third-order valence-electron chi connectivity index (χ3n) is 8.22. The van der Waals surface area contributed by atoms with Crippen LogP contribution < -0.4 is 4.90 Å². The highest BCUT2D eigenvalue weighted by atomic mass is 16.3. The molecule has 2 fully saturated rings. The lowest BCUT2D eigenvalue weighted by atomic mass is 9.80. The van der Waals surface area contributed by atoms with Crippen molar-refractivity contribution in [1.29, 1.82) is 0 Å². The summed E-state index contributed by atoms with van der Waals surface area (Å²) in [5.41, 5.74) is 7.23. The largest absolute Gasteiger partial charge is 0.396 e. The van der Waals surface area contributed by atoms with Crippen molar-refractivity contribution in [2.75, 3.05) is 31.2 Å². The molecule has 0 atom stereocenters. The summed E-state index contributed by atoms with van der Waals surface area (Å²) >= 11 is 0. The molecule has 0 unspecified atom stereocenters. The lowest BCUT2D eigenvalue weighted by Gasteiger charge is -2.40. The number of H-pyrrole nitrogens is 1. The topological polar surface area (TPSA) is 90.2 Å². The number of rotatable bonds is 5. The van der Waals surface area contributed by atoms with Gasteiger partial charge in [-0.3, -0.25) is 0 Å². The van der Waals surface area contributed by atoms with Gasteiger partial charge in [-0.1, -0.05) is 25.3 Å². The minimum atomic E-state index is -0.361. The van der Waals surface area contributed by atoms with Crippen molar-refractivity contribution in [1.82, 2.24) is 19.5 Å². The lowest BCUT2D eigenvalue weighted by molar-refractivity contribution is 0.0341. The van der Waals surface area contributed by atoms with Crippen molar-refractivity contribution in [2.24, 2.45) is 5.41 Å². The molecule has 3 heterocycles. The number of nitrogens with zero attached hydrogens (tertiary/aromatic N) is 4. The number of aromatic nitrogens is 4. The summed E-state index contributed by atoms with van der Waals surface area (Å²) in [5.74, 6) is 0. The molecule has 1 aliphatic carbocycles. The standard InChI is InChI=1S/C27H33N5O2/c33-15-27(16-34)8-10-31(11-9-27)21-13-22(26-24(14-21)28-17-29-26)19-6-7-25-23(12-19)30-18-32(25)20-4-2-1-3-5-20/h6-7,12-14,17-18,20,33-34H,1-5,8-11,15-16H2,(H,28,29). The second kappa shape index (κ2) is 8.71. The van der Waals surface area contributed by atoms with Gasteiger partial charge in [0.25, 0.3) is 0 Å². The first-order valence-corrected chi connectivity index (χ1v) is 12.6. The molecule has 0 amide bonds. The predicted octanol–water partition coefficient (Wildman–Crippen LogP) is 4.66. The molecule has 7 nitrogen and oxygen atoms in total. The number of imidazole rings is 2. The molecule has 178 valence electrons. The van der Waals surface area contributed by atoms with Crippen LogP contribution in [0.5, 0.6) is 0 Å². The maximum Gasteiger partial charge on any atom is 0.0962 e. The minimum absolute atomic E-state index is 0.0374. The van der Waals surface area contributed by atoms with E-state index in [1.165, 1.54) is 37.6 Å². The molecule has 1 saturated carbocycles. The Bertz CT molecular complexity index is 1290. The molecular formula is C27H33N5O2. The average molecular weight is 460 g/mol. The van der Waals surface area contributed by atoms with Crippen LogP contribution in [-0.4, -0.2) is 56.0 Å². The Morgan fingerprint density at radius 3 is 2.53 bits per heavy atom. The van der Waals surface area contributed by atoms with E-state index >= 15 is 0 Å². The van der Waals surface area contributed by atoms with E-state index in [4.69, 9.17) is 4.98 Å². The second-order valence-corrected chi connectivity index (χ2v) is 10.2. The zero-order valence-electron chi connectivity index (χ0n) is 19.6. The molecule has 2 aromatic carbocycles. The molecule has 1 saturated heterocycles. The highest BCUT2D eigenvalue weighted by molar-refractivity contribution is 5.97. The maximum absolute atomic E-state index is 9.78. The van der Waals surface area contributed by atoms with Crippen molar-refractivity contribution < 1.29 is 10.2 Å². The van der Waals surface area contributed by atoms with Gasteiger partial charge in [0, 0.05) is 35.8 Å². The quantitative estimate of drug-likeness (QED) is 0.404. The lowest BCUT2D eigenvalue weighted by Crippen LogP contribution is -2.44. The smallest absolute Gasteiger partial charge is 0.0962 e. The molecule has 3 N–H and O–H groups in total. The molecule has 7 heteroatoms. The van der Waals surface area contributed by atoms with E-state index in [0.717, 1.165) is 59.3 Å². The number of nitrogens with one attached hydrogen (secondary N) is 1. The van der Waals surface area contributed by atoms with Gasteiger partial charge >= 0.3 is 0 Å². The molecule has 1 aliphatic heterocycles. The van der Waals surface area contributed by atoms with E-state index in [0.29, 0.717) is 6.04 Å². The summed E-state index contributed by atoms with van der Waals surface area (Å²) < 4.78 is 2.38. The molecule has 0 radical (unpaired) electrons. The fraction of sp³-hybridized carbons (Fsp3) is 0.481. The first-order chi connectivity index (χ1) is 16.7. The average Bonchev–Trinajstić information content (AvgIpc) is 3.55. The number of aliphatic hydroxyl groups is 2. The Morgan fingerprint density at radius 1 is 0.971 bits per heavy atom. The monoisotopic (exact) mass is 459 g/mol. The van der Waals surface area contributed by atoms with Gasteiger partial charge in [0.1, 0.15) is 0 Å². The predicted molar refractivity (Wildman–Crippen MR) is 135 cm³/mol. The Hall–Kier alpha value is -2.90. The summed E-state index contributed by atoms with van der Waals surface area (Å²) in [7, 11) is 0. The van der Waals surface area contributed by atoms with Gasteiger partial charge in [0.05, 0.1) is 47.9 Å². The summed E-state index contributed by atoms with van der Waals surface area (Å²) in [6.07, 6.45) is 11.8. The van der Waals surface area contributed by atoms with Crippen LogP contribution in [0, 0.1) is 5.41 Å². The van der Waals surface area contributed by atoms with Crippen molar-refractivity contribution in [3.63, 3.8) is 0 Å². The van der Waals surface area contributed by atoms with Gasteiger partial charge in [-0.2, -0.15) is 0 Å². The van der Waals surface area contributed by atoms with Crippen LogP contribution >= 0.6 is 0 Å². The summed E-state index contributed by atoms with van der Waals surface area (Å²) in [6, 6.07) is 11.6. The zero-order chi connectivity index (χ0) is 23.1. The van der Waals surface area contributed by atoms with Crippen molar-refractivity contribution in [3.05, 3.63) is 43.0 Å². The van der Waals surface area contributed by atoms with E-state index < -0.39 is 0 Å². The minimum Gasteiger partial charge on any atom is -0.396 e. The number of fused-ring (bicyclic) bond motifs is 2. The number of aliphatic hydroxyl groups excluding tert-OH is 2. The molecule has 0 bridgehead atoms. The highest BCUT2D eigenvalue weighted by Crippen LogP contribution is 2.38. The number of benzene rings is 2. The molecular weight excluding hydrogens is 426 g/mol. The number of aromatic amines is 1. The number of hydrogen-bond donors (Lipinski definition) is 3. The molecule has 0 spiro atoms. The Balaban J connectivity index is 1.35. The molecule has 4 aromatic rings. The van der Waals surface area contributed by atoms with E-state index in [-0.39, 0.29) is 18.6 Å². The van der Waals surface area contributed by atoms with Crippen LogP contribution in [0.2, 0.25) is 0 Å². The van der Waals surface area contributed by atoms with Crippen molar-refractivity contribution >= 4 is 27.8 Å². The fourth-order valence-corrected chi connectivity index (χ4v) is 5.89. The van der Waals surface area contributed by atoms with E-state index in [2.05, 4.69) is 49.8 Å². The van der Waals surface area contributed by atoms with Crippen LogP contribution in [0.25, 0.3) is 33.2 Å². The van der Waals surface area contributed by atoms with Crippen molar-refractivity contribution in [3.8, 4) is 11.1 Å². The summed E-state index contributed by atoms with van der Waals surface area (Å²) in [5, 5.41) is 19.6. The molecule has 34 heavy (non-hydrogen) atoms. The van der Waals surface area contributed by atoms with Crippen LogP contribution in [0.15, 0.2) is 43.0 Å². The van der Waals surface area contributed by atoms with Crippen LogP contribution in [0.1, 0.15) is 51.0 Å². The Morgan fingerprint density at radius 2 is 1.76 bits per heavy atom. The van der Waals surface area contributed by atoms with Crippen molar-refractivity contribution in [2.45, 2.75) is 51.0 Å². The molecule has 6 rings (SSSR count). The number of anilines is 1. The second-order valence-electron chi connectivity index (χ2n) is 10.2. The summed E-state index contributed by atoms with van der Waals surface area (Å²) in [4.78, 5) is 15.0. The van der Waals surface area contributed by atoms with Gasteiger partial charge in [-0.25, -0.2) is 9.97 Å². The molecule has 2 aliphatic rings. The van der Waals surface area contributed by atoms with Crippen LogP contribution in [0.3, 0.4) is 0 Å². The fourth-order valence-electron chi connectivity index (χ4n) is 5.89. The van der Waals surface area contributed by atoms with E-state index in [1.807, 2.05) is 6.33 Å². The first kappa shape index (κ1) is 21.6. The maximum atomic E-state index is 9.78.